The zero-order chi connectivity index (χ0) is 11.2. The molecule has 3 aliphatic carbocycles. The Morgan fingerprint density at radius 2 is 1.81 bits per heavy atom. The molecule has 0 aliphatic heterocycles. The lowest BCUT2D eigenvalue weighted by Gasteiger charge is -2.36. The molecule has 1 nitrogen and oxygen atoms in total. The van der Waals surface area contributed by atoms with E-state index in [2.05, 4.69) is 19.2 Å². The van der Waals surface area contributed by atoms with E-state index in [9.17, 15) is 0 Å². The molecule has 0 bridgehead atoms. The highest BCUT2D eigenvalue weighted by atomic mass is 14.9. The summed E-state index contributed by atoms with van der Waals surface area (Å²) in [6.45, 7) is 6.21. The molecule has 3 fully saturated rings. The first kappa shape index (κ1) is 11.1. The van der Waals surface area contributed by atoms with E-state index in [1.54, 1.807) is 0 Å². The smallest absolute Gasteiger partial charge is 0.00723 e. The van der Waals surface area contributed by atoms with Crippen LogP contribution in [0, 0.1) is 16.7 Å². The van der Waals surface area contributed by atoms with Crippen molar-refractivity contribution in [1.29, 1.82) is 0 Å². The van der Waals surface area contributed by atoms with E-state index in [1.165, 1.54) is 57.9 Å². The van der Waals surface area contributed by atoms with Crippen molar-refractivity contribution >= 4 is 0 Å². The zero-order valence-corrected chi connectivity index (χ0v) is 11.0. The SMILES string of the molecule is CC1(C)CCCC(NCC2(C3CC3)CC2)C1. The van der Waals surface area contributed by atoms with E-state index in [-0.39, 0.29) is 0 Å². The second kappa shape index (κ2) is 3.73. The molecule has 0 amide bonds. The molecule has 3 aliphatic rings. The normalized spacial score (nSPS) is 36.0. The molecule has 1 unspecified atom stereocenters. The van der Waals surface area contributed by atoms with E-state index >= 15 is 0 Å². The Hall–Kier alpha value is -0.0400. The topological polar surface area (TPSA) is 12.0 Å². The Morgan fingerprint density at radius 3 is 2.38 bits per heavy atom. The number of hydrogen-bond donors (Lipinski definition) is 1. The lowest BCUT2D eigenvalue weighted by molar-refractivity contribution is 0.190. The minimum atomic E-state index is 0.589. The molecule has 0 spiro atoms. The van der Waals surface area contributed by atoms with Crippen molar-refractivity contribution in [2.75, 3.05) is 6.54 Å². The zero-order valence-electron chi connectivity index (χ0n) is 11.0. The van der Waals surface area contributed by atoms with E-state index in [0.29, 0.717) is 5.41 Å². The van der Waals surface area contributed by atoms with Crippen molar-refractivity contribution in [2.24, 2.45) is 16.7 Å². The van der Waals surface area contributed by atoms with Crippen LogP contribution < -0.4 is 5.32 Å². The summed E-state index contributed by atoms with van der Waals surface area (Å²) in [5, 5.41) is 3.90. The van der Waals surface area contributed by atoms with Crippen LogP contribution in [0.1, 0.15) is 65.2 Å². The molecule has 0 aromatic heterocycles. The summed E-state index contributed by atoms with van der Waals surface area (Å²) in [6, 6.07) is 0.819. The number of rotatable bonds is 4. The number of hydrogen-bond acceptors (Lipinski definition) is 1. The van der Waals surface area contributed by atoms with E-state index in [1.807, 2.05) is 0 Å². The first-order valence-electron chi connectivity index (χ1n) is 7.33. The van der Waals surface area contributed by atoms with Gasteiger partial charge in [-0.2, -0.15) is 0 Å². The van der Waals surface area contributed by atoms with Gasteiger partial charge < -0.3 is 5.32 Å². The molecule has 1 atom stereocenters. The van der Waals surface area contributed by atoms with E-state index in [4.69, 9.17) is 0 Å². The van der Waals surface area contributed by atoms with Crippen LogP contribution in [-0.2, 0) is 0 Å². The minimum Gasteiger partial charge on any atom is -0.313 e. The largest absolute Gasteiger partial charge is 0.313 e. The van der Waals surface area contributed by atoms with Crippen LogP contribution in [0.2, 0.25) is 0 Å². The fourth-order valence-electron chi connectivity index (χ4n) is 3.81. The van der Waals surface area contributed by atoms with Gasteiger partial charge in [0.15, 0.2) is 0 Å². The van der Waals surface area contributed by atoms with Gasteiger partial charge in [-0.1, -0.05) is 20.3 Å². The highest BCUT2D eigenvalue weighted by Crippen LogP contribution is 2.60. The van der Waals surface area contributed by atoms with Crippen molar-refractivity contribution in [3.8, 4) is 0 Å². The van der Waals surface area contributed by atoms with Gasteiger partial charge in [0, 0.05) is 12.6 Å². The van der Waals surface area contributed by atoms with Crippen LogP contribution in [0.15, 0.2) is 0 Å². The maximum Gasteiger partial charge on any atom is 0.00723 e. The first-order valence-corrected chi connectivity index (χ1v) is 7.33. The third kappa shape index (κ3) is 2.30. The van der Waals surface area contributed by atoms with Crippen molar-refractivity contribution in [3.05, 3.63) is 0 Å². The Bertz CT molecular complexity index is 261. The summed E-state index contributed by atoms with van der Waals surface area (Å²) < 4.78 is 0. The Balaban J connectivity index is 1.48. The molecule has 0 saturated heterocycles. The molecule has 3 rings (SSSR count). The Morgan fingerprint density at radius 1 is 1.06 bits per heavy atom. The summed E-state index contributed by atoms with van der Waals surface area (Å²) >= 11 is 0. The van der Waals surface area contributed by atoms with Gasteiger partial charge in [0.05, 0.1) is 0 Å². The van der Waals surface area contributed by atoms with E-state index in [0.717, 1.165) is 17.4 Å². The van der Waals surface area contributed by atoms with Crippen molar-refractivity contribution in [1.82, 2.24) is 5.32 Å². The average molecular weight is 221 g/mol. The molecule has 0 radical (unpaired) electrons. The van der Waals surface area contributed by atoms with Gasteiger partial charge in [0.2, 0.25) is 0 Å². The Kier molecular flexibility index (Phi) is 2.58. The fourth-order valence-corrected chi connectivity index (χ4v) is 3.81. The molecule has 3 saturated carbocycles. The van der Waals surface area contributed by atoms with Crippen LogP contribution in [0.4, 0.5) is 0 Å². The Labute approximate surface area is 100 Å². The molecule has 0 heterocycles. The van der Waals surface area contributed by atoms with Gasteiger partial charge in [0.25, 0.3) is 0 Å². The average Bonchev–Trinajstić information content (AvgIpc) is 3.06. The predicted molar refractivity (Wildman–Crippen MR) is 68.4 cm³/mol. The van der Waals surface area contributed by atoms with Crippen molar-refractivity contribution < 1.29 is 0 Å². The van der Waals surface area contributed by atoms with Crippen molar-refractivity contribution in [3.63, 3.8) is 0 Å². The lowest BCUT2D eigenvalue weighted by atomic mass is 9.75. The minimum absolute atomic E-state index is 0.589. The van der Waals surface area contributed by atoms with Crippen LogP contribution in [0.25, 0.3) is 0 Å². The maximum absolute atomic E-state index is 3.90. The molecule has 16 heavy (non-hydrogen) atoms. The second-order valence-corrected chi connectivity index (χ2v) is 7.48. The van der Waals surface area contributed by atoms with Gasteiger partial charge in [-0.3, -0.25) is 0 Å². The fraction of sp³-hybridized carbons (Fsp3) is 1.00. The third-order valence-corrected chi connectivity index (χ3v) is 5.28. The molecular formula is C15H27N. The standard InChI is InChI=1S/C15H27N/c1-14(2)7-3-4-13(10-14)16-11-15(8-9-15)12-5-6-12/h12-13,16H,3-11H2,1-2H3. The van der Waals surface area contributed by atoms with Crippen LogP contribution in [-0.4, -0.2) is 12.6 Å². The predicted octanol–water partition coefficient (Wildman–Crippen LogP) is 3.74. The second-order valence-electron chi connectivity index (χ2n) is 7.48. The first-order chi connectivity index (χ1) is 7.60. The van der Waals surface area contributed by atoms with Crippen molar-refractivity contribution in [2.45, 2.75) is 71.3 Å². The van der Waals surface area contributed by atoms with Crippen LogP contribution in [0.5, 0.6) is 0 Å². The quantitative estimate of drug-likeness (QED) is 0.762. The summed E-state index contributed by atoms with van der Waals surface area (Å²) in [5.74, 6) is 1.11. The molecule has 92 valence electrons. The van der Waals surface area contributed by atoms with Crippen LogP contribution in [0.3, 0.4) is 0 Å². The van der Waals surface area contributed by atoms with Gasteiger partial charge >= 0.3 is 0 Å². The van der Waals surface area contributed by atoms with Gasteiger partial charge in [-0.25, -0.2) is 0 Å². The lowest BCUT2D eigenvalue weighted by Crippen LogP contribution is -2.40. The van der Waals surface area contributed by atoms with Crippen LogP contribution >= 0.6 is 0 Å². The summed E-state index contributed by atoms with van der Waals surface area (Å²) in [4.78, 5) is 0. The van der Waals surface area contributed by atoms with Gasteiger partial charge in [0.1, 0.15) is 0 Å². The molecule has 1 heteroatoms. The summed E-state index contributed by atoms with van der Waals surface area (Å²) in [5.41, 5.74) is 1.37. The summed E-state index contributed by atoms with van der Waals surface area (Å²) in [6.07, 6.45) is 11.8. The van der Waals surface area contributed by atoms with E-state index < -0.39 is 0 Å². The maximum atomic E-state index is 3.90. The third-order valence-electron chi connectivity index (χ3n) is 5.28. The molecule has 1 N–H and O–H groups in total. The monoisotopic (exact) mass is 221 g/mol. The molecular weight excluding hydrogens is 194 g/mol. The summed E-state index contributed by atoms with van der Waals surface area (Å²) in [7, 11) is 0. The molecule has 0 aromatic carbocycles. The highest BCUT2D eigenvalue weighted by molar-refractivity contribution is 5.05. The number of nitrogens with one attached hydrogen (secondary N) is 1. The van der Waals surface area contributed by atoms with Gasteiger partial charge in [-0.15, -0.1) is 0 Å². The highest BCUT2D eigenvalue weighted by Gasteiger charge is 2.53. The van der Waals surface area contributed by atoms with Gasteiger partial charge in [-0.05, 0) is 61.7 Å². The molecule has 0 aromatic rings.